The Morgan fingerprint density at radius 3 is 2.59 bits per heavy atom. The van der Waals surface area contributed by atoms with Gasteiger partial charge in [-0.2, -0.15) is 0 Å². The standard InChI is InChI=1S/C22H24ClN3O3/c1-15-6-7-16(23)12-19(15)24-8-10-25(11-9-24)20-14-21(27)26(22(20)28)17-4-3-5-18(13-17)29-2/h3-7,12-13,20H,8-11,14H2,1-2H3/p+1/t20-/m1/s1. The number of rotatable bonds is 4. The predicted molar refractivity (Wildman–Crippen MR) is 113 cm³/mol. The Kier molecular flexibility index (Phi) is 5.48. The van der Waals surface area contributed by atoms with Gasteiger partial charge in [0.25, 0.3) is 5.91 Å². The van der Waals surface area contributed by atoms with Crippen LogP contribution in [-0.4, -0.2) is 51.1 Å². The van der Waals surface area contributed by atoms with E-state index >= 15 is 0 Å². The van der Waals surface area contributed by atoms with Crippen molar-refractivity contribution in [1.82, 2.24) is 0 Å². The molecular weight excluding hydrogens is 390 g/mol. The number of halogens is 1. The molecule has 2 aliphatic heterocycles. The second-order valence-corrected chi connectivity index (χ2v) is 8.04. The molecule has 29 heavy (non-hydrogen) atoms. The van der Waals surface area contributed by atoms with Gasteiger partial charge in [-0.3, -0.25) is 9.59 Å². The van der Waals surface area contributed by atoms with Crippen LogP contribution in [0.1, 0.15) is 12.0 Å². The monoisotopic (exact) mass is 414 g/mol. The summed E-state index contributed by atoms with van der Waals surface area (Å²) in [5.41, 5.74) is 2.91. The number of methoxy groups -OCH3 is 1. The number of nitrogens with zero attached hydrogens (tertiary/aromatic N) is 2. The molecule has 2 aromatic carbocycles. The van der Waals surface area contributed by atoms with Crippen molar-refractivity contribution < 1.29 is 19.2 Å². The zero-order valence-corrected chi connectivity index (χ0v) is 17.4. The van der Waals surface area contributed by atoms with E-state index in [-0.39, 0.29) is 24.3 Å². The minimum Gasteiger partial charge on any atom is -0.497 e. The number of anilines is 2. The first-order valence-corrected chi connectivity index (χ1v) is 10.2. The lowest BCUT2D eigenvalue weighted by atomic mass is 10.1. The highest BCUT2D eigenvalue weighted by Gasteiger charge is 2.46. The summed E-state index contributed by atoms with van der Waals surface area (Å²) in [5.74, 6) is 0.365. The zero-order chi connectivity index (χ0) is 20.5. The number of carbonyl (C=O) groups excluding carboxylic acids is 2. The van der Waals surface area contributed by atoms with Gasteiger partial charge < -0.3 is 14.5 Å². The van der Waals surface area contributed by atoms with Crippen LogP contribution in [0.25, 0.3) is 0 Å². The number of ether oxygens (including phenoxy) is 1. The minimum absolute atomic E-state index is 0.120. The topological polar surface area (TPSA) is 54.3 Å². The average molecular weight is 415 g/mol. The SMILES string of the molecule is COc1cccc(N2C(=O)C[C@@H]([NH+]3CCN(c4cc(Cl)ccc4C)CC3)C2=O)c1. The molecule has 0 bridgehead atoms. The molecule has 0 radical (unpaired) electrons. The third-order valence-electron chi connectivity index (χ3n) is 5.87. The molecular formula is C22H25ClN3O3+. The fraction of sp³-hybridized carbons (Fsp3) is 0.364. The van der Waals surface area contributed by atoms with E-state index in [4.69, 9.17) is 16.3 Å². The van der Waals surface area contributed by atoms with Gasteiger partial charge in [0.05, 0.1) is 45.4 Å². The summed E-state index contributed by atoms with van der Waals surface area (Å²) in [6, 6.07) is 12.7. The number of imide groups is 1. The second kappa shape index (κ2) is 8.05. The van der Waals surface area contributed by atoms with Crippen LogP contribution >= 0.6 is 11.6 Å². The maximum atomic E-state index is 13.1. The van der Waals surface area contributed by atoms with E-state index in [1.54, 1.807) is 31.4 Å². The van der Waals surface area contributed by atoms with Crippen molar-refractivity contribution >= 4 is 34.8 Å². The third kappa shape index (κ3) is 3.82. The fourth-order valence-corrected chi connectivity index (χ4v) is 4.44. The molecule has 0 spiro atoms. The van der Waals surface area contributed by atoms with E-state index in [0.717, 1.165) is 36.9 Å². The first-order valence-electron chi connectivity index (χ1n) is 9.84. The minimum atomic E-state index is -0.323. The summed E-state index contributed by atoms with van der Waals surface area (Å²) in [4.78, 5) is 30.5. The largest absolute Gasteiger partial charge is 0.497 e. The van der Waals surface area contributed by atoms with Gasteiger partial charge >= 0.3 is 0 Å². The van der Waals surface area contributed by atoms with Gasteiger partial charge in [0.1, 0.15) is 5.75 Å². The van der Waals surface area contributed by atoms with E-state index < -0.39 is 0 Å². The lowest BCUT2D eigenvalue weighted by molar-refractivity contribution is -0.915. The molecule has 0 aromatic heterocycles. The van der Waals surface area contributed by atoms with Gasteiger partial charge in [0.15, 0.2) is 6.04 Å². The molecule has 0 unspecified atom stereocenters. The quantitative estimate of drug-likeness (QED) is 0.774. The zero-order valence-electron chi connectivity index (χ0n) is 16.7. The van der Waals surface area contributed by atoms with Crippen LogP contribution < -0.4 is 19.4 Å². The normalized spacial score (nSPS) is 20.4. The van der Waals surface area contributed by atoms with Crippen LogP contribution in [0, 0.1) is 6.92 Å². The van der Waals surface area contributed by atoms with Crippen LogP contribution in [-0.2, 0) is 9.59 Å². The van der Waals surface area contributed by atoms with Crippen LogP contribution in [0.2, 0.25) is 5.02 Å². The number of aryl methyl sites for hydroxylation is 1. The van der Waals surface area contributed by atoms with Gasteiger partial charge in [-0.1, -0.05) is 23.7 Å². The Labute approximate surface area is 175 Å². The van der Waals surface area contributed by atoms with E-state index in [1.165, 1.54) is 15.4 Å². The fourth-order valence-electron chi connectivity index (χ4n) is 4.28. The maximum Gasteiger partial charge on any atom is 0.292 e. The first-order chi connectivity index (χ1) is 14.0. The smallest absolute Gasteiger partial charge is 0.292 e. The van der Waals surface area contributed by atoms with E-state index in [2.05, 4.69) is 11.8 Å². The summed E-state index contributed by atoms with van der Waals surface area (Å²) in [7, 11) is 1.57. The van der Waals surface area contributed by atoms with Gasteiger partial charge in [0, 0.05) is 16.8 Å². The van der Waals surface area contributed by atoms with E-state index in [9.17, 15) is 9.59 Å². The summed E-state index contributed by atoms with van der Waals surface area (Å²) >= 11 is 6.17. The molecule has 0 aliphatic carbocycles. The summed E-state index contributed by atoms with van der Waals surface area (Å²) in [6.45, 7) is 5.35. The number of benzene rings is 2. The summed E-state index contributed by atoms with van der Waals surface area (Å²) < 4.78 is 5.23. The van der Waals surface area contributed by atoms with E-state index in [1.807, 2.05) is 18.2 Å². The van der Waals surface area contributed by atoms with Crippen molar-refractivity contribution in [3.8, 4) is 5.75 Å². The second-order valence-electron chi connectivity index (χ2n) is 7.60. The van der Waals surface area contributed by atoms with E-state index in [0.29, 0.717) is 11.4 Å². The molecule has 7 heteroatoms. The van der Waals surface area contributed by atoms with Gasteiger partial charge in [0.2, 0.25) is 5.91 Å². The van der Waals surface area contributed by atoms with Crippen molar-refractivity contribution in [2.75, 3.05) is 43.1 Å². The summed E-state index contributed by atoms with van der Waals surface area (Å²) in [6.07, 6.45) is 0.252. The number of quaternary nitrogens is 1. The third-order valence-corrected chi connectivity index (χ3v) is 6.10. The molecule has 4 rings (SSSR count). The molecule has 2 fully saturated rings. The van der Waals surface area contributed by atoms with Crippen molar-refractivity contribution in [3.63, 3.8) is 0 Å². The first kappa shape index (κ1) is 19.7. The molecule has 0 saturated carbocycles. The number of hydrogen-bond donors (Lipinski definition) is 1. The molecule has 2 aliphatic rings. The lowest BCUT2D eigenvalue weighted by Crippen LogP contribution is -3.19. The van der Waals surface area contributed by atoms with Gasteiger partial charge in [-0.25, -0.2) is 4.90 Å². The molecule has 6 nitrogen and oxygen atoms in total. The Morgan fingerprint density at radius 1 is 1.10 bits per heavy atom. The molecule has 1 atom stereocenters. The number of piperazine rings is 1. The van der Waals surface area contributed by atoms with Gasteiger partial charge in [-0.15, -0.1) is 0 Å². The molecule has 2 heterocycles. The van der Waals surface area contributed by atoms with Crippen molar-refractivity contribution in [1.29, 1.82) is 0 Å². The highest BCUT2D eigenvalue weighted by molar-refractivity contribution is 6.30. The van der Waals surface area contributed by atoms with Crippen molar-refractivity contribution in [3.05, 3.63) is 53.1 Å². The molecule has 2 aromatic rings. The Bertz CT molecular complexity index is 941. The van der Waals surface area contributed by atoms with Crippen molar-refractivity contribution in [2.24, 2.45) is 0 Å². The van der Waals surface area contributed by atoms with Gasteiger partial charge in [-0.05, 0) is 36.8 Å². The maximum absolute atomic E-state index is 13.1. The van der Waals surface area contributed by atoms with Crippen molar-refractivity contribution in [2.45, 2.75) is 19.4 Å². The van der Waals surface area contributed by atoms with Crippen LogP contribution in [0.3, 0.4) is 0 Å². The molecule has 1 N–H and O–H groups in total. The Morgan fingerprint density at radius 2 is 1.86 bits per heavy atom. The number of nitrogens with one attached hydrogen (secondary N) is 1. The lowest BCUT2D eigenvalue weighted by Gasteiger charge is -2.36. The highest BCUT2D eigenvalue weighted by Crippen LogP contribution is 2.27. The Hall–Kier alpha value is -2.57. The van der Waals surface area contributed by atoms with Crippen LogP contribution in [0.5, 0.6) is 5.75 Å². The Balaban J connectivity index is 1.46. The molecule has 2 amide bonds. The molecule has 152 valence electrons. The van der Waals surface area contributed by atoms with Crippen LogP contribution in [0.15, 0.2) is 42.5 Å². The highest BCUT2D eigenvalue weighted by atomic mass is 35.5. The summed E-state index contributed by atoms with van der Waals surface area (Å²) in [5, 5.41) is 0.728. The number of amides is 2. The average Bonchev–Trinajstić information content (AvgIpc) is 3.04. The predicted octanol–water partition coefficient (Wildman–Crippen LogP) is 1.69. The van der Waals surface area contributed by atoms with Crippen LogP contribution in [0.4, 0.5) is 11.4 Å². The number of hydrogen-bond acceptors (Lipinski definition) is 4. The molecule has 2 saturated heterocycles. The number of carbonyl (C=O) groups is 2.